The van der Waals surface area contributed by atoms with E-state index in [1.807, 2.05) is 12.1 Å². The average Bonchev–Trinajstić information content (AvgIpc) is 2.20. The molecule has 0 atom stereocenters. The predicted molar refractivity (Wildman–Crippen MR) is 61.9 cm³/mol. The molecule has 0 N–H and O–H groups in total. The van der Waals surface area contributed by atoms with E-state index in [1.165, 1.54) is 0 Å². The summed E-state index contributed by atoms with van der Waals surface area (Å²) in [5.41, 5.74) is 1.36. The Bertz CT molecular complexity index is 494. The highest BCUT2D eigenvalue weighted by molar-refractivity contribution is 6.31. The second kappa shape index (κ2) is 4.15. The van der Waals surface area contributed by atoms with Gasteiger partial charge in [0.1, 0.15) is 5.82 Å². The molecule has 1 aromatic heterocycles. The van der Waals surface area contributed by atoms with Gasteiger partial charge in [-0.2, -0.15) is 0 Å². The highest BCUT2D eigenvalue weighted by Crippen LogP contribution is 2.20. The van der Waals surface area contributed by atoms with Crippen molar-refractivity contribution < 1.29 is 0 Å². The van der Waals surface area contributed by atoms with Crippen molar-refractivity contribution in [2.24, 2.45) is 0 Å². The third-order valence-electron chi connectivity index (χ3n) is 2.21. The molecule has 2 rings (SSSR count). The molecule has 0 fully saturated rings. The monoisotopic (exact) mass is 218 g/mol. The Morgan fingerprint density at radius 3 is 2.87 bits per heavy atom. The third kappa shape index (κ3) is 2.10. The molecular weight excluding hydrogens is 208 g/mol. The summed E-state index contributed by atoms with van der Waals surface area (Å²) in [5, 5.41) is 1.48. The van der Waals surface area contributed by atoms with Gasteiger partial charge in [0, 0.05) is 23.8 Å². The number of hydrogen-bond acceptors (Lipinski definition) is 2. The van der Waals surface area contributed by atoms with E-state index in [0.717, 1.165) is 29.6 Å². The SMILES string of the molecule is [CH]c1nc(CCC)nc2ccc(Cl)cc12. The molecule has 15 heavy (non-hydrogen) atoms. The van der Waals surface area contributed by atoms with Gasteiger partial charge in [-0.3, -0.25) is 0 Å². The smallest absolute Gasteiger partial charge is 0.129 e. The van der Waals surface area contributed by atoms with Crippen LogP contribution in [0.2, 0.25) is 5.02 Å². The lowest BCUT2D eigenvalue weighted by Crippen LogP contribution is -1.97. The third-order valence-corrected chi connectivity index (χ3v) is 2.44. The van der Waals surface area contributed by atoms with Crippen LogP contribution in [0.1, 0.15) is 24.9 Å². The van der Waals surface area contributed by atoms with Crippen molar-refractivity contribution in [3.8, 4) is 0 Å². The summed E-state index contributed by atoms with van der Waals surface area (Å²) in [4.78, 5) is 8.66. The minimum atomic E-state index is 0.506. The van der Waals surface area contributed by atoms with Crippen molar-refractivity contribution in [2.75, 3.05) is 0 Å². The molecule has 0 bridgehead atoms. The van der Waals surface area contributed by atoms with E-state index in [1.54, 1.807) is 6.07 Å². The molecule has 0 aliphatic heterocycles. The first kappa shape index (κ1) is 10.4. The summed E-state index contributed by atoms with van der Waals surface area (Å²) in [7, 11) is 0. The molecule has 1 aromatic carbocycles. The van der Waals surface area contributed by atoms with Crippen molar-refractivity contribution in [2.45, 2.75) is 19.8 Å². The maximum Gasteiger partial charge on any atom is 0.129 e. The molecule has 76 valence electrons. The zero-order valence-electron chi connectivity index (χ0n) is 8.50. The second-order valence-electron chi connectivity index (χ2n) is 3.44. The summed E-state index contributed by atoms with van der Waals surface area (Å²) in [6.07, 6.45) is 1.86. The molecule has 0 saturated heterocycles. The van der Waals surface area contributed by atoms with Crippen LogP contribution >= 0.6 is 11.6 Å². The van der Waals surface area contributed by atoms with Gasteiger partial charge in [0.2, 0.25) is 0 Å². The number of rotatable bonds is 2. The van der Waals surface area contributed by atoms with Crippen molar-refractivity contribution >= 4 is 22.5 Å². The summed E-state index contributed by atoms with van der Waals surface area (Å²) in [5.74, 6) is 0.796. The summed E-state index contributed by atoms with van der Waals surface area (Å²) in [6.45, 7) is 7.94. The van der Waals surface area contributed by atoms with Gasteiger partial charge in [-0.05, 0) is 24.6 Å². The Morgan fingerprint density at radius 1 is 1.33 bits per heavy atom. The number of benzene rings is 1. The molecule has 2 radical (unpaired) electrons. The van der Waals surface area contributed by atoms with Gasteiger partial charge in [0.15, 0.2) is 0 Å². The number of aryl methyl sites for hydroxylation is 1. The van der Waals surface area contributed by atoms with Crippen LogP contribution in [0.25, 0.3) is 10.9 Å². The standard InChI is InChI=1S/C12H11ClN2/c1-3-4-12-14-8(2)10-7-9(13)5-6-11(10)15-12/h2,5-7H,3-4H2,1H3. The number of halogens is 1. The second-order valence-corrected chi connectivity index (χ2v) is 3.87. The van der Waals surface area contributed by atoms with E-state index >= 15 is 0 Å². The molecule has 2 nitrogen and oxygen atoms in total. The van der Waals surface area contributed by atoms with Gasteiger partial charge in [-0.1, -0.05) is 18.5 Å². The Morgan fingerprint density at radius 2 is 2.13 bits per heavy atom. The quantitative estimate of drug-likeness (QED) is 0.773. The number of fused-ring (bicyclic) bond motifs is 1. The van der Waals surface area contributed by atoms with Crippen molar-refractivity contribution in [3.05, 3.63) is 41.7 Å². The van der Waals surface area contributed by atoms with Gasteiger partial charge in [-0.25, -0.2) is 9.97 Å². The zero-order chi connectivity index (χ0) is 10.8. The Labute approximate surface area is 94.3 Å². The lowest BCUT2D eigenvalue weighted by molar-refractivity contribution is 0.840. The predicted octanol–water partition coefficient (Wildman–Crippen LogP) is 3.29. The van der Waals surface area contributed by atoms with Crippen LogP contribution in [0.5, 0.6) is 0 Å². The van der Waals surface area contributed by atoms with Crippen LogP contribution in [0.4, 0.5) is 0 Å². The molecule has 1 heterocycles. The molecule has 0 aliphatic carbocycles. The fraction of sp³-hybridized carbons (Fsp3) is 0.250. The molecule has 3 heteroatoms. The topological polar surface area (TPSA) is 25.8 Å². The number of hydrogen-bond donors (Lipinski definition) is 0. The summed E-state index contributed by atoms with van der Waals surface area (Å²) < 4.78 is 0. The zero-order valence-corrected chi connectivity index (χ0v) is 9.25. The Balaban J connectivity index is 2.62. The largest absolute Gasteiger partial charge is 0.237 e. The molecule has 0 amide bonds. The fourth-order valence-electron chi connectivity index (χ4n) is 1.51. The van der Waals surface area contributed by atoms with Gasteiger partial charge in [0.05, 0.1) is 11.2 Å². The molecule has 2 aromatic rings. The maximum absolute atomic E-state index is 5.88. The molecular formula is C12H11ClN2. The van der Waals surface area contributed by atoms with E-state index in [-0.39, 0.29) is 0 Å². The molecule has 0 unspecified atom stereocenters. The molecule has 0 aliphatic rings. The Kier molecular flexibility index (Phi) is 2.87. The van der Waals surface area contributed by atoms with Gasteiger partial charge >= 0.3 is 0 Å². The van der Waals surface area contributed by atoms with Crippen LogP contribution in [-0.4, -0.2) is 9.97 Å². The minimum Gasteiger partial charge on any atom is -0.237 e. The van der Waals surface area contributed by atoms with Crippen LogP contribution in [-0.2, 0) is 6.42 Å². The van der Waals surface area contributed by atoms with Gasteiger partial charge in [-0.15, -0.1) is 0 Å². The summed E-state index contributed by atoms with van der Waals surface area (Å²) in [6, 6.07) is 5.48. The molecule has 0 saturated carbocycles. The maximum atomic E-state index is 5.88. The number of aromatic nitrogens is 2. The van der Waals surface area contributed by atoms with Crippen LogP contribution in [0.15, 0.2) is 18.2 Å². The average molecular weight is 219 g/mol. The van der Waals surface area contributed by atoms with Gasteiger partial charge < -0.3 is 0 Å². The fourth-order valence-corrected chi connectivity index (χ4v) is 1.68. The first-order valence-electron chi connectivity index (χ1n) is 4.92. The van der Waals surface area contributed by atoms with E-state index in [4.69, 9.17) is 18.5 Å². The first-order valence-corrected chi connectivity index (χ1v) is 5.30. The molecule has 0 spiro atoms. The van der Waals surface area contributed by atoms with E-state index < -0.39 is 0 Å². The van der Waals surface area contributed by atoms with Crippen molar-refractivity contribution in [1.82, 2.24) is 9.97 Å². The van der Waals surface area contributed by atoms with Crippen LogP contribution in [0, 0.1) is 6.92 Å². The van der Waals surface area contributed by atoms with Crippen molar-refractivity contribution in [1.29, 1.82) is 0 Å². The Hall–Kier alpha value is -1.15. The summed E-state index contributed by atoms with van der Waals surface area (Å²) >= 11 is 5.88. The van der Waals surface area contributed by atoms with E-state index in [9.17, 15) is 0 Å². The highest BCUT2D eigenvalue weighted by atomic mass is 35.5. The van der Waals surface area contributed by atoms with E-state index in [0.29, 0.717) is 10.7 Å². The highest BCUT2D eigenvalue weighted by Gasteiger charge is 2.04. The van der Waals surface area contributed by atoms with Crippen molar-refractivity contribution in [3.63, 3.8) is 0 Å². The lowest BCUT2D eigenvalue weighted by atomic mass is 10.2. The van der Waals surface area contributed by atoms with Crippen LogP contribution in [0.3, 0.4) is 0 Å². The van der Waals surface area contributed by atoms with E-state index in [2.05, 4.69) is 16.9 Å². The lowest BCUT2D eigenvalue weighted by Gasteiger charge is -2.04. The minimum absolute atomic E-state index is 0.506. The first-order chi connectivity index (χ1) is 7.20. The van der Waals surface area contributed by atoms with Crippen LogP contribution < -0.4 is 0 Å². The normalized spacial score (nSPS) is 10.9. The number of nitrogens with zero attached hydrogens (tertiary/aromatic N) is 2. The van der Waals surface area contributed by atoms with Gasteiger partial charge in [0.25, 0.3) is 0 Å².